The van der Waals surface area contributed by atoms with Crippen LogP contribution in [0, 0.1) is 6.92 Å². The van der Waals surface area contributed by atoms with Crippen molar-refractivity contribution in [3.63, 3.8) is 0 Å². The van der Waals surface area contributed by atoms with Gasteiger partial charge in [-0.25, -0.2) is 15.0 Å². The van der Waals surface area contributed by atoms with Crippen LogP contribution in [0.1, 0.15) is 54.3 Å². The van der Waals surface area contributed by atoms with Crippen molar-refractivity contribution in [3.8, 4) is 0 Å². The van der Waals surface area contributed by atoms with Crippen molar-refractivity contribution >= 4 is 17.2 Å². The zero-order valence-electron chi connectivity index (χ0n) is 14.2. The summed E-state index contributed by atoms with van der Waals surface area (Å²) in [4.78, 5) is 16.1. The van der Waals surface area contributed by atoms with E-state index < -0.39 is 0 Å². The Balaban J connectivity index is 1.76. The van der Waals surface area contributed by atoms with Gasteiger partial charge in [0.25, 0.3) is 0 Å². The predicted octanol–water partition coefficient (Wildman–Crippen LogP) is 3.51. The van der Waals surface area contributed by atoms with Gasteiger partial charge in [-0.15, -0.1) is 11.3 Å². The van der Waals surface area contributed by atoms with E-state index in [1.807, 2.05) is 6.92 Å². The molecule has 6 heteroatoms. The molecule has 3 heterocycles. The Bertz CT molecular complexity index is 664. The summed E-state index contributed by atoms with van der Waals surface area (Å²) in [5.74, 6) is 2.65. The molecule has 0 radical (unpaired) electrons. The molecule has 1 aliphatic rings. The first-order valence-corrected chi connectivity index (χ1v) is 8.99. The maximum absolute atomic E-state index is 5.49. The smallest absolute Gasteiger partial charge is 0.132 e. The lowest BCUT2D eigenvalue weighted by molar-refractivity contribution is 0.193. The van der Waals surface area contributed by atoms with Gasteiger partial charge in [-0.1, -0.05) is 13.8 Å². The molecule has 2 aromatic rings. The van der Waals surface area contributed by atoms with Crippen LogP contribution in [0.25, 0.3) is 0 Å². The number of thiazole rings is 1. The molecule has 0 unspecified atom stereocenters. The fourth-order valence-corrected chi connectivity index (χ4v) is 3.56. The molecule has 0 spiro atoms. The molecule has 0 bridgehead atoms. The van der Waals surface area contributed by atoms with Crippen LogP contribution in [0.3, 0.4) is 0 Å². The third kappa shape index (κ3) is 3.87. The van der Waals surface area contributed by atoms with Crippen LogP contribution in [0.4, 0.5) is 5.82 Å². The second-order valence-electron chi connectivity index (χ2n) is 6.45. The lowest BCUT2D eigenvalue weighted by Crippen LogP contribution is -2.19. The van der Waals surface area contributed by atoms with Crippen LogP contribution in [0.15, 0.2) is 11.4 Å². The second kappa shape index (κ2) is 6.93. The highest BCUT2D eigenvalue weighted by Gasteiger charge is 2.21. The Morgan fingerprint density at radius 2 is 2.17 bits per heavy atom. The molecule has 23 heavy (non-hydrogen) atoms. The van der Waals surface area contributed by atoms with E-state index in [4.69, 9.17) is 9.72 Å². The molecule has 0 N–H and O–H groups in total. The number of aryl methyl sites for hydroxylation is 1. The summed E-state index contributed by atoms with van der Waals surface area (Å²) in [6, 6.07) is 2.10. The van der Waals surface area contributed by atoms with E-state index in [-0.39, 0.29) is 0 Å². The van der Waals surface area contributed by atoms with Gasteiger partial charge in [-0.3, -0.25) is 0 Å². The van der Waals surface area contributed by atoms with Gasteiger partial charge in [0.15, 0.2) is 0 Å². The van der Waals surface area contributed by atoms with E-state index in [1.165, 1.54) is 5.01 Å². The van der Waals surface area contributed by atoms with Crippen molar-refractivity contribution in [2.75, 3.05) is 25.2 Å². The number of rotatable bonds is 5. The van der Waals surface area contributed by atoms with Gasteiger partial charge in [0.2, 0.25) is 0 Å². The molecule has 1 fully saturated rings. The highest BCUT2D eigenvalue weighted by atomic mass is 32.1. The van der Waals surface area contributed by atoms with Crippen molar-refractivity contribution in [2.45, 2.75) is 45.6 Å². The molecular formula is C17H24N4OS. The zero-order chi connectivity index (χ0) is 16.4. The molecular weight excluding hydrogens is 308 g/mol. The normalized spacial score (nSPS) is 17.9. The standard InChI is InChI=1S/C17H24N4OS/c1-11(2)17-20-14(10-23-17)8-21(4)16-7-15(18-12(3)19-16)13-5-6-22-9-13/h7,10-11,13H,5-6,8-9H2,1-4H3/t13-/m1/s1. The third-order valence-electron chi connectivity index (χ3n) is 4.05. The van der Waals surface area contributed by atoms with Crippen LogP contribution in [0.5, 0.6) is 0 Å². The van der Waals surface area contributed by atoms with Gasteiger partial charge in [-0.05, 0) is 13.3 Å². The van der Waals surface area contributed by atoms with Gasteiger partial charge in [-0.2, -0.15) is 0 Å². The zero-order valence-corrected chi connectivity index (χ0v) is 15.1. The Kier molecular flexibility index (Phi) is 4.92. The topological polar surface area (TPSA) is 51.1 Å². The molecule has 1 aliphatic heterocycles. The first-order valence-electron chi connectivity index (χ1n) is 8.11. The highest BCUT2D eigenvalue weighted by Crippen LogP contribution is 2.26. The van der Waals surface area contributed by atoms with Gasteiger partial charge in [0.1, 0.15) is 11.6 Å². The average molecular weight is 332 g/mol. The Hall–Kier alpha value is -1.53. The van der Waals surface area contributed by atoms with Crippen LogP contribution in [-0.2, 0) is 11.3 Å². The monoisotopic (exact) mass is 332 g/mol. The van der Waals surface area contributed by atoms with E-state index in [9.17, 15) is 0 Å². The van der Waals surface area contributed by atoms with E-state index in [2.05, 4.69) is 47.2 Å². The summed E-state index contributed by atoms with van der Waals surface area (Å²) in [7, 11) is 2.06. The quantitative estimate of drug-likeness (QED) is 0.839. The van der Waals surface area contributed by atoms with Crippen molar-refractivity contribution in [2.24, 2.45) is 0 Å². The van der Waals surface area contributed by atoms with Gasteiger partial charge >= 0.3 is 0 Å². The van der Waals surface area contributed by atoms with E-state index >= 15 is 0 Å². The van der Waals surface area contributed by atoms with E-state index in [0.717, 1.165) is 49.2 Å². The largest absolute Gasteiger partial charge is 0.381 e. The number of hydrogen-bond donors (Lipinski definition) is 0. The van der Waals surface area contributed by atoms with E-state index in [1.54, 1.807) is 11.3 Å². The molecule has 1 saturated heterocycles. The first kappa shape index (κ1) is 16.3. The summed E-state index contributed by atoms with van der Waals surface area (Å²) < 4.78 is 5.49. The molecule has 0 saturated carbocycles. The minimum atomic E-state index is 0.399. The van der Waals surface area contributed by atoms with Gasteiger partial charge in [0, 0.05) is 36.9 Å². The van der Waals surface area contributed by atoms with Crippen LogP contribution in [0.2, 0.25) is 0 Å². The van der Waals surface area contributed by atoms with Gasteiger partial charge < -0.3 is 9.64 Å². The van der Waals surface area contributed by atoms with Crippen LogP contribution < -0.4 is 4.90 Å². The predicted molar refractivity (Wildman–Crippen MR) is 93.3 cm³/mol. The van der Waals surface area contributed by atoms with E-state index in [0.29, 0.717) is 11.8 Å². The molecule has 3 rings (SSSR count). The SMILES string of the molecule is Cc1nc([C@@H]2CCOC2)cc(N(C)Cc2csc(C(C)C)n2)n1. The first-order chi connectivity index (χ1) is 11.0. The fraction of sp³-hybridized carbons (Fsp3) is 0.588. The Morgan fingerprint density at radius 3 is 2.83 bits per heavy atom. The maximum Gasteiger partial charge on any atom is 0.132 e. The van der Waals surface area contributed by atoms with Crippen LogP contribution in [-0.4, -0.2) is 35.2 Å². The minimum Gasteiger partial charge on any atom is -0.381 e. The lowest BCUT2D eigenvalue weighted by atomic mass is 10.0. The summed E-state index contributed by atoms with van der Waals surface area (Å²) in [6.07, 6.45) is 1.05. The molecule has 0 amide bonds. The third-order valence-corrected chi connectivity index (χ3v) is 5.24. The number of ether oxygens (including phenoxy) is 1. The second-order valence-corrected chi connectivity index (χ2v) is 7.34. The average Bonchev–Trinajstić information content (AvgIpc) is 3.18. The minimum absolute atomic E-state index is 0.399. The van der Waals surface area contributed by atoms with Crippen LogP contribution >= 0.6 is 11.3 Å². The summed E-state index contributed by atoms with van der Waals surface area (Å²) >= 11 is 1.73. The summed E-state index contributed by atoms with van der Waals surface area (Å²) in [5, 5.41) is 3.34. The fourth-order valence-electron chi connectivity index (χ4n) is 2.73. The van der Waals surface area contributed by atoms with Gasteiger partial charge in [0.05, 0.1) is 29.5 Å². The Morgan fingerprint density at radius 1 is 1.35 bits per heavy atom. The van der Waals surface area contributed by atoms with Crippen molar-refractivity contribution in [3.05, 3.63) is 33.7 Å². The molecule has 124 valence electrons. The molecule has 5 nitrogen and oxygen atoms in total. The van der Waals surface area contributed by atoms with Crippen molar-refractivity contribution < 1.29 is 4.74 Å². The number of hydrogen-bond acceptors (Lipinski definition) is 6. The van der Waals surface area contributed by atoms with Crippen molar-refractivity contribution in [1.29, 1.82) is 0 Å². The molecule has 0 aromatic carbocycles. The molecule has 1 atom stereocenters. The summed E-state index contributed by atoms with van der Waals surface area (Å²) in [5.41, 5.74) is 2.20. The highest BCUT2D eigenvalue weighted by molar-refractivity contribution is 7.09. The molecule has 0 aliphatic carbocycles. The molecule has 2 aromatic heterocycles. The number of aromatic nitrogens is 3. The maximum atomic E-state index is 5.49. The Labute approximate surface area is 141 Å². The lowest BCUT2D eigenvalue weighted by Gasteiger charge is -2.19. The number of nitrogens with zero attached hydrogens (tertiary/aromatic N) is 4. The summed E-state index contributed by atoms with van der Waals surface area (Å²) in [6.45, 7) is 8.67. The number of anilines is 1. The van der Waals surface area contributed by atoms with Crippen molar-refractivity contribution in [1.82, 2.24) is 15.0 Å².